The number of anilines is 1. The molecule has 25 heavy (non-hydrogen) atoms. The second-order valence-electron chi connectivity index (χ2n) is 7.06. The molecule has 0 unspecified atom stereocenters. The predicted molar refractivity (Wildman–Crippen MR) is 97.6 cm³/mol. The van der Waals surface area contributed by atoms with Crippen LogP contribution in [0, 0.1) is 18.7 Å². The second kappa shape index (κ2) is 5.69. The SMILES string of the molecule is Cc1ccccc1[C@H]1c2n[nH]c(=O)c3cc(F)cc(c23)N[C@@H]1C(C)C. The van der Waals surface area contributed by atoms with E-state index in [2.05, 4.69) is 48.4 Å². The third-order valence-electron chi connectivity index (χ3n) is 5.10. The molecule has 5 heteroatoms. The van der Waals surface area contributed by atoms with Crippen LogP contribution in [0.2, 0.25) is 0 Å². The van der Waals surface area contributed by atoms with Crippen LogP contribution in [-0.4, -0.2) is 16.2 Å². The molecule has 0 saturated heterocycles. The Labute approximate surface area is 145 Å². The van der Waals surface area contributed by atoms with Gasteiger partial charge in [-0.25, -0.2) is 9.49 Å². The van der Waals surface area contributed by atoms with E-state index in [1.807, 2.05) is 12.1 Å². The van der Waals surface area contributed by atoms with Gasteiger partial charge in [-0.05, 0) is 36.1 Å². The standard InChI is InChI=1S/C20H20FN3O/c1-10(2)18-17(13-7-5-4-6-11(13)3)19-16-14(20(25)24-23-19)8-12(21)9-15(16)22-18/h4-10,17-18,22H,1-3H3,(H,24,25)/t17-,18-/m1/s1. The van der Waals surface area contributed by atoms with E-state index in [1.54, 1.807) is 0 Å². The van der Waals surface area contributed by atoms with Crippen molar-refractivity contribution in [1.29, 1.82) is 0 Å². The average Bonchev–Trinajstić information content (AvgIpc) is 2.57. The van der Waals surface area contributed by atoms with Crippen molar-refractivity contribution in [3.8, 4) is 0 Å². The number of benzene rings is 2. The van der Waals surface area contributed by atoms with E-state index < -0.39 is 5.82 Å². The van der Waals surface area contributed by atoms with Crippen molar-refractivity contribution in [2.75, 3.05) is 5.32 Å². The topological polar surface area (TPSA) is 57.8 Å². The smallest absolute Gasteiger partial charge is 0.272 e. The van der Waals surface area contributed by atoms with Gasteiger partial charge in [-0.15, -0.1) is 0 Å². The van der Waals surface area contributed by atoms with Crippen LogP contribution in [0.1, 0.15) is 36.6 Å². The molecule has 0 spiro atoms. The number of nitrogens with one attached hydrogen (secondary N) is 2. The molecule has 3 aromatic rings. The molecule has 1 aliphatic heterocycles. The van der Waals surface area contributed by atoms with Gasteiger partial charge in [0.15, 0.2) is 0 Å². The summed E-state index contributed by atoms with van der Waals surface area (Å²) >= 11 is 0. The third kappa shape index (κ3) is 2.42. The molecular weight excluding hydrogens is 317 g/mol. The van der Waals surface area contributed by atoms with Gasteiger partial charge < -0.3 is 5.32 Å². The number of aromatic nitrogens is 2. The van der Waals surface area contributed by atoms with Gasteiger partial charge in [0.05, 0.1) is 11.1 Å². The van der Waals surface area contributed by atoms with Crippen molar-refractivity contribution in [2.24, 2.45) is 5.92 Å². The van der Waals surface area contributed by atoms with Crippen molar-refractivity contribution in [3.63, 3.8) is 0 Å². The van der Waals surface area contributed by atoms with Crippen LogP contribution in [0.5, 0.6) is 0 Å². The Balaban J connectivity index is 2.07. The van der Waals surface area contributed by atoms with Gasteiger partial charge in [0.25, 0.3) is 5.56 Å². The lowest BCUT2D eigenvalue weighted by Gasteiger charge is -2.37. The molecule has 2 atom stereocenters. The van der Waals surface area contributed by atoms with Crippen LogP contribution < -0.4 is 10.9 Å². The van der Waals surface area contributed by atoms with Gasteiger partial charge in [0, 0.05) is 23.0 Å². The summed E-state index contributed by atoms with van der Waals surface area (Å²) in [6, 6.07) is 11.0. The van der Waals surface area contributed by atoms with Crippen LogP contribution in [-0.2, 0) is 0 Å². The highest BCUT2D eigenvalue weighted by molar-refractivity contribution is 5.97. The molecule has 1 aliphatic rings. The highest BCUT2D eigenvalue weighted by Crippen LogP contribution is 2.43. The molecule has 0 aliphatic carbocycles. The van der Waals surface area contributed by atoms with Gasteiger partial charge in [-0.3, -0.25) is 4.79 Å². The summed E-state index contributed by atoms with van der Waals surface area (Å²) in [6.45, 7) is 6.35. The fourth-order valence-electron chi connectivity index (χ4n) is 3.89. The highest BCUT2D eigenvalue weighted by Gasteiger charge is 2.36. The van der Waals surface area contributed by atoms with Gasteiger partial charge >= 0.3 is 0 Å². The molecule has 4 nitrogen and oxygen atoms in total. The Morgan fingerprint density at radius 1 is 1.20 bits per heavy atom. The summed E-state index contributed by atoms with van der Waals surface area (Å²) in [4.78, 5) is 12.2. The summed E-state index contributed by atoms with van der Waals surface area (Å²) in [6.07, 6.45) is 0. The van der Waals surface area contributed by atoms with E-state index in [1.165, 1.54) is 23.3 Å². The van der Waals surface area contributed by atoms with E-state index in [0.717, 1.165) is 11.1 Å². The highest BCUT2D eigenvalue weighted by atomic mass is 19.1. The average molecular weight is 337 g/mol. The van der Waals surface area contributed by atoms with Gasteiger partial charge in [-0.2, -0.15) is 5.10 Å². The number of rotatable bonds is 2. The second-order valence-corrected chi connectivity index (χ2v) is 7.06. The summed E-state index contributed by atoms with van der Waals surface area (Å²) in [5.41, 5.74) is 3.42. The number of halogens is 1. The lowest BCUT2D eigenvalue weighted by molar-refractivity contribution is 0.467. The molecule has 128 valence electrons. The third-order valence-corrected chi connectivity index (χ3v) is 5.10. The normalized spacial score (nSPS) is 19.2. The predicted octanol–water partition coefficient (Wildman–Crippen LogP) is 3.95. The minimum absolute atomic E-state index is 0.0153. The quantitative estimate of drug-likeness (QED) is 0.744. The molecule has 0 radical (unpaired) electrons. The van der Waals surface area contributed by atoms with Gasteiger partial charge in [0.1, 0.15) is 5.82 Å². The zero-order chi connectivity index (χ0) is 17.7. The zero-order valence-electron chi connectivity index (χ0n) is 14.4. The first kappa shape index (κ1) is 15.8. The Hall–Kier alpha value is -2.69. The zero-order valence-corrected chi connectivity index (χ0v) is 14.4. The van der Waals surface area contributed by atoms with Crippen LogP contribution in [0.4, 0.5) is 10.1 Å². The monoisotopic (exact) mass is 337 g/mol. The van der Waals surface area contributed by atoms with Crippen molar-refractivity contribution in [1.82, 2.24) is 10.2 Å². The van der Waals surface area contributed by atoms with E-state index in [-0.39, 0.29) is 17.5 Å². The fourth-order valence-corrected chi connectivity index (χ4v) is 3.89. The molecule has 1 aromatic heterocycles. The Morgan fingerprint density at radius 2 is 1.96 bits per heavy atom. The largest absolute Gasteiger partial charge is 0.380 e. The van der Waals surface area contributed by atoms with Crippen LogP contribution >= 0.6 is 0 Å². The Morgan fingerprint density at radius 3 is 2.68 bits per heavy atom. The maximum absolute atomic E-state index is 14.0. The van der Waals surface area contributed by atoms with E-state index in [9.17, 15) is 9.18 Å². The summed E-state index contributed by atoms with van der Waals surface area (Å²) in [7, 11) is 0. The van der Waals surface area contributed by atoms with Gasteiger partial charge in [-0.1, -0.05) is 38.1 Å². The molecule has 0 fully saturated rings. The number of aryl methyl sites for hydroxylation is 1. The fraction of sp³-hybridized carbons (Fsp3) is 0.300. The Kier molecular flexibility index (Phi) is 3.60. The van der Waals surface area contributed by atoms with Crippen molar-refractivity contribution in [3.05, 3.63) is 69.4 Å². The number of nitrogens with zero attached hydrogens (tertiary/aromatic N) is 1. The minimum Gasteiger partial charge on any atom is -0.380 e. The Bertz CT molecular complexity index is 1030. The molecule has 0 saturated carbocycles. The van der Waals surface area contributed by atoms with Crippen LogP contribution in [0.15, 0.2) is 41.2 Å². The first-order chi connectivity index (χ1) is 12.0. The maximum Gasteiger partial charge on any atom is 0.272 e. The first-order valence-corrected chi connectivity index (χ1v) is 8.51. The summed E-state index contributed by atoms with van der Waals surface area (Å²) in [5, 5.41) is 11.5. The number of hydrogen-bond donors (Lipinski definition) is 2. The van der Waals surface area contributed by atoms with Crippen LogP contribution in [0.25, 0.3) is 10.8 Å². The minimum atomic E-state index is -0.422. The molecular formula is C20H20FN3O. The maximum atomic E-state index is 14.0. The lowest BCUT2D eigenvalue weighted by Crippen LogP contribution is -2.38. The van der Waals surface area contributed by atoms with Crippen molar-refractivity contribution < 1.29 is 4.39 Å². The molecule has 2 aromatic carbocycles. The van der Waals surface area contributed by atoms with Crippen LogP contribution in [0.3, 0.4) is 0 Å². The molecule has 4 rings (SSSR count). The van der Waals surface area contributed by atoms with Crippen molar-refractivity contribution >= 4 is 16.5 Å². The molecule has 2 heterocycles. The number of aromatic amines is 1. The lowest BCUT2D eigenvalue weighted by atomic mass is 9.77. The van der Waals surface area contributed by atoms with E-state index >= 15 is 0 Å². The number of hydrogen-bond acceptors (Lipinski definition) is 3. The molecule has 0 bridgehead atoms. The van der Waals surface area contributed by atoms with Gasteiger partial charge in [0.2, 0.25) is 0 Å². The summed E-state index contributed by atoms with van der Waals surface area (Å²) < 4.78 is 14.0. The van der Waals surface area contributed by atoms with Crippen molar-refractivity contribution in [2.45, 2.75) is 32.7 Å². The molecule has 0 amide bonds. The van der Waals surface area contributed by atoms with E-state index in [4.69, 9.17) is 0 Å². The molecule has 2 N–H and O–H groups in total. The first-order valence-electron chi connectivity index (χ1n) is 8.51. The summed E-state index contributed by atoms with van der Waals surface area (Å²) in [5.74, 6) is -0.141. The number of H-pyrrole nitrogens is 1. The van der Waals surface area contributed by atoms with E-state index in [0.29, 0.717) is 17.0 Å².